The number of fused-ring (bicyclic) bond motifs is 5. The predicted molar refractivity (Wildman–Crippen MR) is 194 cm³/mol. The van der Waals surface area contributed by atoms with Crippen molar-refractivity contribution in [2.75, 3.05) is 0 Å². The van der Waals surface area contributed by atoms with Gasteiger partial charge in [-0.05, 0) is 74.1 Å². The fraction of sp³-hybridized carbons (Fsp3) is 0.0682. The molecule has 3 nitrogen and oxygen atoms in total. The largest absolute Gasteiger partial charge is 0.256 e. The van der Waals surface area contributed by atoms with Gasteiger partial charge in [0.2, 0.25) is 0 Å². The van der Waals surface area contributed by atoms with Crippen molar-refractivity contribution >= 4 is 21.5 Å². The lowest BCUT2D eigenvalue weighted by Gasteiger charge is -2.22. The fourth-order valence-electron chi connectivity index (χ4n) is 7.39. The van der Waals surface area contributed by atoms with E-state index in [1.54, 1.807) is 0 Å². The van der Waals surface area contributed by atoms with E-state index in [4.69, 9.17) is 9.97 Å². The van der Waals surface area contributed by atoms with Crippen molar-refractivity contribution in [3.8, 4) is 56.3 Å². The summed E-state index contributed by atoms with van der Waals surface area (Å²) in [6, 6.07) is 51.6. The second-order valence-electron chi connectivity index (χ2n) is 12.8. The molecule has 1 aliphatic carbocycles. The van der Waals surface area contributed by atoms with Crippen LogP contribution in [-0.2, 0) is 5.41 Å². The van der Waals surface area contributed by atoms with Crippen LogP contribution in [0.3, 0.4) is 0 Å². The van der Waals surface area contributed by atoms with Gasteiger partial charge in [-0.3, -0.25) is 4.98 Å². The van der Waals surface area contributed by atoms with Crippen LogP contribution in [0.15, 0.2) is 152 Å². The Morgan fingerprint density at radius 2 is 1.09 bits per heavy atom. The third kappa shape index (κ3) is 4.39. The highest BCUT2D eigenvalue weighted by molar-refractivity contribution is 6.05. The normalized spacial score (nSPS) is 13.1. The number of aromatic nitrogens is 3. The van der Waals surface area contributed by atoms with Crippen LogP contribution in [0.2, 0.25) is 0 Å². The second kappa shape index (κ2) is 10.6. The molecule has 8 aromatic rings. The molecule has 0 unspecified atom stereocenters. The number of pyridine rings is 1. The molecule has 0 aliphatic heterocycles. The zero-order chi connectivity index (χ0) is 31.5. The van der Waals surface area contributed by atoms with Gasteiger partial charge in [0.05, 0.1) is 17.1 Å². The van der Waals surface area contributed by atoms with E-state index < -0.39 is 0 Å². The molecule has 47 heavy (non-hydrogen) atoms. The minimum atomic E-state index is -0.139. The lowest BCUT2D eigenvalue weighted by molar-refractivity contribution is 0.661. The molecule has 0 N–H and O–H groups in total. The summed E-state index contributed by atoms with van der Waals surface area (Å²) in [5.41, 5.74) is 12.1. The summed E-state index contributed by atoms with van der Waals surface area (Å²) in [6.45, 7) is 4.68. The third-order valence-electron chi connectivity index (χ3n) is 9.74. The van der Waals surface area contributed by atoms with Crippen LogP contribution in [0.5, 0.6) is 0 Å². The van der Waals surface area contributed by atoms with Crippen LogP contribution in [-0.4, -0.2) is 15.0 Å². The van der Waals surface area contributed by atoms with Crippen molar-refractivity contribution in [2.45, 2.75) is 19.3 Å². The van der Waals surface area contributed by atoms with Gasteiger partial charge in [-0.2, -0.15) is 0 Å². The lowest BCUT2D eigenvalue weighted by atomic mass is 9.81. The maximum atomic E-state index is 5.28. The molecule has 0 fully saturated rings. The molecular formula is C44H31N3. The van der Waals surface area contributed by atoms with Crippen LogP contribution in [0.25, 0.3) is 77.8 Å². The van der Waals surface area contributed by atoms with Gasteiger partial charge in [0.15, 0.2) is 5.82 Å². The Balaban J connectivity index is 1.31. The molecule has 0 saturated carbocycles. The Hall–Kier alpha value is -5.93. The van der Waals surface area contributed by atoms with E-state index >= 15 is 0 Å². The van der Waals surface area contributed by atoms with E-state index in [0.717, 1.165) is 50.1 Å². The van der Waals surface area contributed by atoms with E-state index in [0.29, 0.717) is 5.82 Å². The summed E-state index contributed by atoms with van der Waals surface area (Å²) in [4.78, 5) is 15.2. The third-order valence-corrected chi connectivity index (χ3v) is 9.74. The topological polar surface area (TPSA) is 38.7 Å². The van der Waals surface area contributed by atoms with Crippen LogP contribution >= 0.6 is 0 Å². The van der Waals surface area contributed by atoms with Gasteiger partial charge in [-0.1, -0.05) is 129 Å². The fourth-order valence-corrected chi connectivity index (χ4v) is 7.39. The maximum absolute atomic E-state index is 5.28. The van der Waals surface area contributed by atoms with Gasteiger partial charge in [0.1, 0.15) is 0 Å². The molecule has 3 heteroatoms. The standard InChI is InChI=1S/C44H31N3/c1-44(2)37-20-12-19-35(42(37)36-25-29-15-6-7-16-30(29)26-38(36)44)41-27-40(46-43(47-41)28-13-4-3-5-14-28)34-23-22-33(39-21-10-11-24-45-39)31-17-8-9-18-32(31)34/h3-27H,1-2H3. The lowest BCUT2D eigenvalue weighted by Crippen LogP contribution is -2.14. The van der Waals surface area contributed by atoms with E-state index in [2.05, 4.69) is 134 Å². The van der Waals surface area contributed by atoms with E-state index in [9.17, 15) is 0 Å². The molecule has 222 valence electrons. The number of benzene rings is 6. The molecular weight excluding hydrogens is 571 g/mol. The molecule has 0 saturated heterocycles. The highest BCUT2D eigenvalue weighted by atomic mass is 14.9. The van der Waals surface area contributed by atoms with Gasteiger partial charge in [-0.25, -0.2) is 9.97 Å². The summed E-state index contributed by atoms with van der Waals surface area (Å²) in [5, 5.41) is 4.80. The molecule has 0 bridgehead atoms. The highest BCUT2D eigenvalue weighted by Gasteiger charge is 2.37. The van der Waals surface area contributed by atoms with E-state index in [-0.39, 0.29) is 5.41 Å². The number of rotatable bonds is 4. The van der Waals surface area contributed by atoms with Crippen molar-refractivity contribution in [1.82, 2.24) is 15.0 Å². The average molecular weight is 602 g/mol. The summed E-state index contributed by atoms with van der Waals surface area (Å²) in [7, 11) is 0. The first kappa shape index (κ1) is 27.4. The number of hydrogen-bond donors (Lipinski definition) is 0. The minimum Gasteiger partial charge on any atom is -0.256 e. The van der Waals surface area contributed by atoms with Gasteiger partial charge >= 0.3 is 0 Å². The van der Waals surface area contributed by atoms with Crippen LogP contribution in [0.4, 0.5) is 0 Å². The summed E-state index contributed by atoms with van der Waals surface area (Å²) in [6.07, 6.45) is 1.85. The Bertz CT molecular complexity index is 2480. The zero-order valence-electron chi connectivity index (χ0n) is 26.3. The molecule has 9 rings (SSSR count). The van der Waals surface area contributed by atoms with Crippen molar-refractivity contribution in [3.63, 3.8) is 0 Å². The summed E-state index contributed by atoms with van der Waals surface area (Å²) >= 11 is 0. The summed E-state index contributed by atoms with van der Waals surface area (Å²) < 4.78 is 0. The first-order valence-corrected chi connectivity index (χ1v) is 16.1. The molecule has 2 heterocycles. The molecule has 6 aromatic carbocycles. The van der Waals surface area contributed by atoms with Crippen LogP contribution in [0.1, 0.15) is 25.0 Å². The SMILES string of the molecule is CC1(C)c2cc3ccccc3cc2-c2c(-c3cc(-c4ccc(-c5ccccn5)c5ccccc45)nc(-c4ccccc4)n3)cccc21. The Morgan fingerprint density at radius 1 is 0.447 bits per heavy atom. The highest BCUT2D eigenvalue weighted by Crippen LogP contribution is 2.53. The van der Waals surface area contributed by atoms with Crippen molar-refractivity contribution < 1.29 is 0 Å². The van der Waals surface area contributed by atoms with Crippen LogP contribution < -0.4 is 0 Å². The van der Waals surface area contributed by atoms with Crippen molar-refractivity contribution in [3.05, 3.63) is 163 Å². The average Bonchev–Trinajstić information content (AvgIpc) is 3.36. The quantitative estimate of drug-likeness (QED) is 0.201. The first-order valence-electron chi connectivity index (χ1n) is 16.1. The number of nitrogens with zero attached hydrogens (tertiary/aromatic N) is 3. The Kier molecular flexibility index (Phi) is 6.16. The van der Waals surface area contributed by atoms with Gasteiger partial charge in [0.25, 0.3) is 0 Å². The monoisotopic (exact) mass is 601 g/mol. The second-order valence-corrected chi connectivity index (χ2v) is 12.8. The Morgan fingerprint density at radius 3 is 1.81 bits per heavy atom. The minimum absolute atomic E-state index is 0.139. The molecule has 1 aliphatic rings. The molecule has 0 spiro atoms. The first-order chi connectivity index (χ1) is 23.1. The van der Waals surface area contributed by atoms with Gasteiger partial charge in [0, 0.05) is 33.9 Å². The van der Waals surface area contributed by atoms with Gasteiger partial charge in [-0.15, -0.1) is 0 Å². The van der Waals surface area contributed by atoms with Crippen molar-refractivity contribution in [1.29, 1.82) is 0 Å². The molecule has 2 aromatic heterocycles. The summed E-state index contributed by atoms with van der Waals surface area (Å²) in [5.74, 6) is 0.713. The van der Waals surface area contributed by atoms with Gasteiger partial charge < -0.3 is 0 Å². The molecule has 0 atom stereocenters. The van der Waals surface area contributed by atoms with E-state index in [1.165, 1.54) is 33.0 Å². The predicted octanol–water partition coefficient (Wildman–Crippen LogP) is 11.2. The number of hydrogen-bond acceptors (Lipinski definition) is 3. The van der Waals surface area contributed by atoms with E-state index in [1.807, 2.05) is 36.5 Å². The molecule has 0 amide bonds. The Labute approximate surface area is 274 Å². The molecule has 0 radical (unpaired) electrons. The zero-order valence-corrected chi connectivity index (χ0v) is 26.3. The van der Waals surface area contributed by atoms with Crippen molar-refractivity contribution in [2.24, 2.45) is 0 Å². The smallest absolute Gasteiger partial charge is 0.160 e. The maximum Gasteiger partial charge on any atom is 0.160 e. The van der Waals surface area contributed by atoms with Crippen LogP contribution in [0, 0.1) is 0 Å².